The predicted molar refractivity (Wildman–Crippen MR) is 81.7 cm³/mol. The lowest BCUT2D eigenvalue weighted by atomic mass is 9.87. The Balaban J connectivity index is 2.30. The maximum atomic E-state index is 11.5. The molecular weight excluding hydrogens is 288 g/mol. The van der Waals surface area contributed by atoms with Crippen LogP contribution in [0.2, 0.25) is 0 Å². The Kier molecular flexibility index (Phi) is 4.83. The molecule has 0 bridgehead atoms. The molecule has 0 heterocycles. The van der Waals surface area contributed by atoms with Crippen LogP contribution in [0, 0.1) is 5.92 Å². The van der Waals surface area contributed by atoms with E-state index in [4.69, 9.17) is 0 Å². The minimum atomic E-state index is -3.26. The Bertz CT molecular complexity index is 635. The Hall–Kier alpha value is -1.62. The predicted octanol–water partition coefficient (Wildman–Crippen LogP) is 3.14. The van der Waals surface area contributed by atoms with Crippen molar-refractivity contribution in [2.24, 2.45) is 5.92 Å². The zero-order valence-corrected chi connectivity index (χ0v) is 12.9. The summed E-state index contributed by atoms with van der Waals surface area (Å²) in [7, 11) is -3.26. The Labute approximate surface area is 125 Å². The van der Waals surface area contributed by atoms with E-state index in [9.17, 15) is 18.3 Å². The van der Waals surface area contributed by atoms with E-state index in [1.165, 1.54) is 18.6 Å². The molecule has 2 rings (SSSR count). The fraction of sp³-hybridized carbons (Fsp3) is 0.438. The normalized spacial score (nSPS) is 17.7. The van der Waals surface area contributed by atoms with E-state index < -0.39 is 15.8 Å². The Morgan fingerprint density at radius 2 is 1.71 bits per heavy atom. The van der Waals surface area contributed by atoms with Gasteiger partial charge in [-0.1, -0.05) is 37.5 Å². The number of sulfone groups is 1. The third kappa shape index (κ3) is 4.17. The van der Waals surface area contributed by atoms with Crippen LogP contribution in [0.3, 0.4) is 0 Å². The van der Waals surface area contributed by atoms with Crippen molar-refractivity contribution < 1.29 is 18.3 Å². The highest BCUT2D eigenvalue weighted by Gasteiger charge is 2.17. The number of rotatable bonds is 4. The number of hydrogen-bond acceptors (Lipinski definition) is 3. The number of carbonyl (C=O) groups is 1. The molecule has 1 aromatic rings. The molecule has 1 aliphatic rings. The fourth-order valence-corrected chi connectivity index (χ4v) is 3.34. The number of allylic oxidation sites excluding steroid dienone is 1. The van der Waals surface area contributed by atoms with Gasteiger partial charge in [0.1, 0.15) is 0 Å². The lowest BCUT2D eigenvalue weighted by Gasteiger charge is -2.19. The van der Waals surface area contributed by atoms with Crippen molar-refractivity contribution >= 4 is 21.4 Å². The van der Waals surface area contributed by atoms with E-state index in [1.54, 1.807) is 12.1 Å². The molecule has 5 heteroatoms. The molecule has 1 saturated carbocycles. The zero-order valence-electron chi connectivity index (χ0n) is 12.1. The summed E-state index contributed by atoms with van der Waals surface area (Å²) in [6.45, 7) is 0. The van der Waals surface area contributed by atoms with E-state index in [2.05, 4.69) is 0 Å². The first kappa shape index (κ1) is 15.8. The van der Waals surface area contributed by atoms with Crippen LogP contribution in [0.5, 0.6) is 0 Å². The summed E-state index contributed by atoms with van der Waals surface area (Å²) in [6.07, 6.45) is 8.52. The van der Waals surface area contributed by atoms with Gasteiger partial charge in [0.05, 0.1) is 10.5 Å². The van der Waals surface area contributed by atoms with Crippen molar-refractivity contribution in [3.63, 3.8) is 0 Å². The van der Waals surface area contributed by atoms with E-state index in [1.807, 2.05) is 6.08 Å². The first-order chi connectivity index (χ1) is 9.88. The number of benzene rings is 1. The minimum absolute atomic E-state index is 0.202. The van der Waals surface area contributed by atoms with Crippen molar-refractivity contribution in [2.45, 2.75) is 37.0 Å². The van der Waals surface area contributed by atoms with Gasteiger partial charge in [0.15, 0.2) is 9.84 Å². The van der Waals surface area contributed by atoms with Gasteiger partial charge in [-0.2, -0.15) is 0 Å². The molecule has 0 unspecified atom stereocenters. The average molecular weight is 308 g/mol. The SMILES string of the molecule is CS(=O)(=O)c1ccc(C(=CC2CCCCC2)C(=O)O)cc1. The lowest BCUT2D eigenvalue weighted by Crippen LogP contribution is -2.08. The van der Waals surface area contributed by atoms with Crippen molar-refractivity contribution in [2.75, 3.05) is 6.26 Å². The highest BCUT2D eigenvalue weighted by molar-refractivity contribution is 7.90. The quantitative estimate of drug-likeness (QED) is 0.867. The van der Waals surface area contributed by atoms with Gasteiger partial charge in [0.2, 0.25) is 0 Å². The average Bonchev–Trinajstić information content (AvgIpc) is 2.45. The molecule has 0 aliphatic heterocycles. The summed E-state index contributed by atoms with van der Waals surface area (Å²) < 4.78 is 22.9. The molecule has 0 spiro atoms. The minimum Gasteiger partial charge on any atom is -0.478 e. The molecule has 1 aliphatic carbocycles. The fourth-order valence-electron chi connectivity index (χ4n) is 2.71. The molecule has 0 saturated heterocycles. The molecule has 0 amide bonds. The summed E-state index contributed by atoms with van der Waals surface area (Å²) in [6, 6.07) is 6.06. The third-order valence-corrected chi connectivity index (χ3v) is 5.00. The maximum Gasteiger partial charge on any atom is 0.335 e. The van der Waals surface area contributed by atoms with Crippen molar-refractivity contribution in [1.82, 2.24) is 0 Å². The van der Waals surface area contributed by atoms with Gasteiger partial charge >= 0.3 is 5.97 Å². The first-order valence-corrected chi connectivity index (χ1v) is 9.02. The lowest BCUT2D eigenvalue weighted by molar-refractivity contribution is -0.130. The van der Waals surface area contributed by atoms with Crippen LogP contribution in [-0.2, 0) is 14.6 Å². The second-order valence-electron chi connectivity index (χ2n) is 5.58. The van der Waals surface area contributed by atoms with E-state index >= 15 is 0 Å². The monoisotopic (exact) mass is 308 g/mol. The second-order valence-corrected chi connectivity index (χ2v) is 7.60. The van der Waals surface area contributed by atoms with Crippen LogP contribution in [0.25, 0.3) is 5.57 Å². The highest BCUT2D eigenvalue weighted by atomic mass is 32.2. The van der Waals surface area contributed by atoms with Crippen molar-refractivity contribution in [1.29, 1.82) is 0 Å². The molecule has 0 aromatic heterocycles. The molecule has 21 heavy (non-hydrogen) atoms. The number of hydrogen-bond donors (Lipinski definition) is 1. The Morgan fingerprint density at radius 3 is 2.19 bits per heavy atom. The van der Waals surface area contributed by atoms with Gasteiger partial charge in [0, 0.05) is 6.26 Å². The van der Waals surface area contributed by atoms with Gasteiger partial charge in [-0.05, 0) is 36.5 Å². The van der Waals surface area contributed by atoms with Crippen molar-refractivity contribution in [3.8, 4) is 0 Å². The molecule has 1 N–H and O–H groups in total. The van der Waals surface area contributed by atoms with Gasteiger partial charge in [-0.3, -0.25) is 0 Å². The molecule has 114 valence electrons. The number of aliphatic carboxylic acids is 1. The van der Waals surface area contributed by atoms with Crippen LogP contribution >= 0.6 is 0 Å². The van der Waals surface area contributed by atoms with Gasteiger partial charge < -0.3 is 5.11 Å². The summed E-state index contributed by atoms with van der Waals surface area (Å²) in [4.78, 5) is 11.7. The topological polar surface area (TPSA) is 71.4 Å². The maximum absolute atomic E-state index is 11.5. The summed E-state index contributed by atoms with van der Waals surface area (Å²) >= 11 is 0. The molecule has 4 nitrogen and oxygen atoms in total. The summed E-state index contributed by atoms with van der Waals surface area (Å²) in [5.74, 6) is -0.660. The van der Waals surface area contributed by atoms with Gasteiger partial charge in [0.25, 0.3) is 0 Å². The second kappa shape index (κ2) is 6.43. The summed E-state index contributed by atoms with van der Waals surface area (Å²) in [5.41, 5.74) is 0.822. The number of carboxylic acids is 1. The molecule has 1 aromatic carbocycles. The first-order valence-electron chi connectivity index (χ1n) is 7.13. The molecule has 0 radical (unpaired) electrons. The Morgan fingerprint density at radius 1 is 1.14 bits per heavy atom. The molecular formula is C16H20O4S. The van der Waals surface area contributed by atoms with E-state index in [0.717, 1.165) is 31.9 Å². The van der Waals surface area contributed by atoms with Crippen molar-refractivity contribution in [3.05, 3.63) is 35.9 Å². The summed E-state index contributed by atoms with van der Waals surface area (Å²) in [5, 5.41) is 9.40. The van der Waals surface area contributed by atoms with Crippen LogP contribution in [0.15, 0.2) is 35.2 Å². The standard InChI is InChI=1S/C16H20O4S/c1-21(19,20)14-9-7-13(8-10-14)15(16(17)18)11-12-5-3-2-4-6-12/h7-12H,2-6H2,1H3,(H,17,18). The van der Waals surface area contributed by atoms with Gasteiger partial charge in [-0.25, -0.2) is 13.2 Å². The van der Waals surface area contributed by atoms with Crippen LogP contribution in [-0.4, -0.2) is 25.7 Å². The molecule has 1 fully saturated rings. The van der Waals surface area contributed by atoms with Crippen LogP contribution in [0.4, 0.5) is 0 Å². The van der Waals surface area contributed by atoms with Gasteiger partial charge in [-0.15, -0.1) is 0 Å². The third-order valence-electron chi connectivity index (χ3n) is 3.88. The van der Waals surface area contributed by atoms with Crippen LogP contribution in [0.1, 0.15) is 37.7 Å². The van der Waals surface area contributed by atoms with E-state index in [-0.39, 0.29) is 10.5 Å². The van der Waals surface area contributed by atoms with Crippen LogP contribution < -0.4 is 0 Å². The smallest absolute Gasteiger partial charge is 0.335 e. The zero-order chi connectivity index (χ0) is 15.5. The molecule has 0 atom stereocenters. The highest BCUT2D eigenvalue weighted by Crippen LogP contribution is 2.28. The number of carboxylic acid groups (broad SMARTS) is 1. The van der Waals surface area contributed by atoms with E-state index in [0.29, 0.717) is 11.5 Å². The largest absolute Gasteiger partial charge is 0.478 e.